The topological polar surface area (TPSA) is 34.0 Å². The summed E-state index contributed by atoms with van der Waals surface area (Å²) in [5.41, 5.74) is 3.75. The van der Waals surface area contributed by atoms with Gasteiger partial charge in [0, 0.05) is 23.4 Å². The third-order valence-corrected chi connectivity index (χ3v) is 3.49. The minimum Gasteiger partial charge on any atom is -0.345 e. The number of hydrogen-bond acceptors (Lipinski definition) is 1. The Bertz CT molecular complexity index is 602. The predicted octanol–water partition coefficient (Wildman–Crippen LogP) is 3.66. The number of rotatable bonds is 2. The van der Waals surface area contributed by atoms with E-state index in [0.29, 0.717) is 5.69 Å². The minimum atomic E-state index is -0.100. The molecule has 0 saturated carbocycles. The lowest BCUT2D eigenvalue weighted by Crippen LogP contribution is -2.16. The van der Waals surface area contributed by atoms with E-state index >= 15 is 0 Å². The molecule has 0 bridgehead atoms. The van der Waals surface area contributed by atoms with E-state index in [9.17, 15) is 4.79 Å². The highest BCUT2D eigenvalue weighted by Gasteiger charge is 2.12. The first-order chi connectivity index (χ1) is 8.49. The molecule has 1 aromatic heterocycles. The molecule has 1 amide bonds. The summed E-state index contributed by atoms with van der Waals surface area (Å²) in [7, 11) is 1.85. The molecule has 2 rings (SSSR count). The van der Waals surface area contributed by atoms with Gasteiger partial charge in [0.2, 0.25) is 0 Å². The highest BCUT2D eigenvalue weighted by atomic mass is 79.9. The van der Waals surface area contributed by atoms with E-state index in [1.165, 1.54) is 5.56 Å². The lowest BCUT2D eigenvalue weighted by molar-refractivity contribution is 0.101. The van der Waals surface area contributed by atoms with Gasteiger partial charge in [0.05, 0.1) is 0 Å². The minimum absolute atomic E-state index is 0.100. The lowest BCUT2D eigenvalue weighted by atomic mass is 10.1. The van der Waals surface area contributed by atoms with E-state index in [0.717, 1.165) is 15.7 Å². The van der Waals surface area contributed by atoms with Crippen LogP contribution in [-0.2, 0) is 7.05 Å². The molecular weight excluding hydrogens is 292 g/mol. The Morgan fingerprint density at radius 1 is 1.33 bits per heavy atom. The van der Waals surface area contributed by atoms with Crippen molar-refractivity contribution in [1.29, 1.82) is 0 Å². The maximum Gasteiger partial charge on any atom is 0.272 e. The molecule has 1 N–H and O–H groups in total. The van der Waals surface area contributed by atoms with Gasteiger partial charge in [0.25, 0.3) is 5.91 Å². The van der Waals surface area contributed by atoms with Gasteiger partial charge in [0.1, 0.15) is 5.69 Å². The van der Waals surface area contributed by atoms with E-state index in [4.69, 9.17) is 0 Å². The summed E-state index contributed by atoms with van der Waals surface area (Å²) in [6.45, 7) is 4.04. The molecule has 4 heteroatoms. The molecule has 0 aliphatic heterocycles. The summed E-state index contributed by atoms with van der Waals surface area (Å²) < 4.78 is 2.70. The molecule has 0 fully saturated rings. The van der Waals surface area contributed by atoms with Crippen LogP contribution in [0.3, 0.4) is 0 Å². The Hall–Kier alpha value is -1.55. The maximum absolute atomic E-state index is 12.2. The second-order valence-electron chi connectivity index (χ2n) is 4.36. The summed E-state index contributed by atoms with van der Waals surface area (Å²) in [4.78, 5) is 12.2. The number of nitrogens with zero attached hydrogens (tertiary/aromatic N) is 1. The zero-order valence-corrected chi connectivity index (χ0v) is 12.2. The van der Waals surface area contributed by atoms with Crippen LogP contribution in [0.25, 0.3) is 0 Å². The molecule has 0 saturated heterocycles. The van der Waals surface area contributed by atoms with Crippen LogP contribution >= 0.6 is 15.9 Å². The smallest absolute Gasteiger partial charge is 0.272 e. The molecule has 0 aliphatic rings. The van der Waals surface area contributed by atoms with Crippen molar-refractivity contribution < 1.29 is 4.79 Å². The van der Waals surface area contributed by atoms with Gasteiger partial charge in [-0.1, -0.05) is 12.1 Å². The first-order valence-corrected chi connectivity index (χ1v) is 6.48. The first-order valence-electron chi connectivity index (χ1n) is 5.68. The van der Waals surface area contributed by atoms with Gasteiger partial charge in [-0.05, 0) is 53.0 Å². The Kier molecular flexibility index (Phi) is 3.57. The fourth-order valence-electron chi connectivity index (χ4n) is 1.82. The van der Waals surface area contributed by atoms with Crippen LogP contribution in [0.2, 0.25) is 0 Å². The Balaban J connectivity index is 2.27. The van der Waals surface area contributed by atoms with Crippen LogP contribution in [0.4, 0.5) is 5.69 Å². The number of anilines is 1. The molecule has 1 aromatic carbocycles. The number of amides is 1. The number of halogens is 1. The Morgan fingerprint density at radius 3 is 2.67 bits per heavy atom. The fourth-order valence-corrected chi connectivity index (χ4v) is 2.35. The molecule has 3 nitrogen and oxygen atoms in total. The summed E-state index contributed by atoms with van der Waals surface area (Å²) >= 11 is 3.36. The zero-order chi connectivity index (χ0) is 13.3. The third-order valence-electron chi connectivity index (χ3n) is 3.06. The summed E-state index contributed by atoms with van der Waals surface area (Å²) in [6.07, 6.45) is 1.86. The van der Waals surface area contributed by atoms with Gasteiger partial charge in [-0.3, -0.25) is 4.79 Å². The highest BCUT2D eigenvalue weighted by Crippen LogP contribution is 2.20. The number of aryl methyl sites for hydroxylation is 2. The number of carbonyl (C=O) groups excluding carboxylic acids is 1. The van der Waals surface area contributed by atoms with Gasteiger partial charge < -0.3 is 9.88 Å². The Morgan fingerprint density at radius 2 is 2.06 bits per heavy atom. The number of hydrogen-bond donors (Lipinski definition) is 1. The fraction of sp³-hybridized carbons (Fsp3) is 0.214. The summed E-state index contributed by atoms with van der Waals surface area (Å²) in [6, 6.07) is 7.70. The first kappa shape index (κ1) is 12.9. The second-order valence-corrected chi connectivity index (χ2v) is 5.27. The van der Waals surface area contributed by atoms with Crippen molar-refractivity contribution >= 4 is 27.5 Å². The van der Waals surface area contributed by atoms with Gasteiger partial charge >= 0.3 is 0 Å². The number of benzene rings is 1. The van der Waals surface area contributed by atoms with Crippen LogP contribution < -0.4 is 5.32 Å². The zero-order valence-electron chi connectivity index (χ0n) is 10.6. The molecular formula is C14H15BrN2O. The Labute approximate surface area is 115 Å². The van der Waals surface area contributed by atoms with Crippen LogP contribution in [-0.4, -0.2) is 10.5 Å². The van der Waals surface area contributed by atoms with E-state index in [1.54, 1.807) is 10.6 Å². The van der Waals surface area contributed by atoms with Crippen molar-refractivity contribution in [3.05, 3.63) is 51.8 Å². The van der Waals surface area contributed by atoms with Crippen LogP contribution in [0.15, 0.2) is 34.9 Å². The van der Waals surface area contributed by atoms with Gasteiger partial charge in [-0.15, -0.1) is 0 Å². The molecule has 1 heterocycles. The van der Waals surface area contributed by atoms with Crippen molar-refractivity contribution in [3.63, 3.8) is 0 Å². The third kappa shape index (κ3) is 2.48. The van der Waals surface area contributed by atoms with Crippen LogP contribution in [0.1, 0.15) is 21.6 Å². The SMILES string of the molecule is Cc1cccc(NC(=O)c2cc(Br)cn2C)c1C. The molecule has 2 aromatic rings. The number of carbonyl (C=O) groups is 1. The van der Waals surface area contributed by atoms with Crippen LogP contribution in [0.5, 0.6) is 0 Å². The molecule has 18 heavy (non-hydrogen) atoms. The molecule has 0 aliphatic carbocycles. The van der Waals surface area contributed by atoms with Crippen molar-refractivity contribution in [2.45, 2.75) is 13.8 Å². The van der Waals surface area contributed by atoms with Crippen molar-refractivity contribution in [3.8, 4) is 0 Å². The van der Waals surface area contributed by atoms with Gasteiger partial charge in [0.15, 0.2) is 0 Å². The summed E-state index contributed by atoms with van der Waals surface area (Å²) in [5.74, 6) is -0.100. The monoisotopic (exact) mass is 306 g/mol. The van der Waals surface area contributed by atoms with E-state index < -0.39 is 0 Å². The average molecular weight is 307 g/mol. The molecule has 0 atom stereocenters. The maximum atomic E-state index is 12.2. The van der Waals surface area contributed by atoms with Crippen molar-refractivity contribution in [1.82, 2.24) is 4.57 Å². The number of nitrogens with one attached hydrogen (secondary N) is 1. The van der Waals surface area contributed by atoms with E-state index in [1.807, 2.05) is 45.3 Å². The van der Waals surface area contributed by atoms with Crippen molar-refractivity contribution in [2.24, 2.45) is 7.05 Å². The van der Waals surface area contributed by atoms with E-state index in [-0.39, 0.29) is 5.91 Å². The lowest BCUT2D eigenvalue weighted by Gasteiger charge is -2.10. The largest absolute Gasteiger partial charge is 0.345 e. The van der Waals surface area contributed by atoms with E-state index in [2.05, 4.69) is 21.2 Å². The molecule has 94 valence electrons. The second kappa shape index (κ2) is 4.98. The number of aromatic nitrogens is 1. The van der Waals surface area contributed by atoms with Gasteiger partial charge in [-0.25, -0.2) is 0 Å². The quantitative estimate of drug-likeness (QED) is 0.902. The van der Waals surface area contributed by atoms with Crippen LogP contribution in [0, 0.1) is 13.8 Å². The molecule has 0 spiro atoms. The molecule has 0 radical (unpaired) electrons. The van der Waals surface area contributed by atoms with Crippen molar-refractivity contribution in [2.75, 3.05) is 5.32 Å². The standard InChI is InChI=1S/C14H15BrN2O/c1-9-5-4-6-12(10(9)2)16-14(18)13-7-11(15)8-17(13)3/h4-8H,1-3H3,(H,16,18). The highest BCUT2D eigenvalue weighted by molar-refractivity contribution is 9.10. The molecule has 0 unspecified atom stereocenters. The normalized spacial score (nSPS) is 10.4. The predicted molar refractivity (Wildman–Crippen MR) is 77.0 cm³/mol. The summed E-state index contributed by atoms with van der Waals surface area (Å²) in [5, 5.41) is 2.94. The van der Waals surface area contributed by atoms with Gasteiger partial charge in [-0.2, -0.15) is 0 Å². The average Bonchev–Trinajstić information content (AvgIpc) is 2.64.